The molecular formula is C16H17ClN4O4. The van der Waals surface area contributed by atoms with Gasteiger partial charge in [-0.2, -0.15) is 5.10 Å². The zero-order valence-electron chi connectivity index (χ0n) is 13.7. The molecule has 0 unspecified atom stereocenters. The molecule has 0 aliphatic heterocycles. The van der Waals surface area contributed by atoms with Gasteiger partial charge < -0.3 is 9.47 Å². The maximum Gasteiger partial charge on any atom is 0.313 e. The molecular weight excluding hydrogens is 348 g/mol. The molecule has 0 fully saturated rings. The zero-order chi connectivity index (χ0) is 18.2. The third kappa shape index (κ3) is 4.80. The van der Waals surface area contributed by atoms with Crippen molar-refractivity contribution in [2.24, 2.45) is 5.10 Å². The van der Waals surface area contributed by atoms with Crippen LogP contribution in [-0.4, -0.2) is 29.3 Å². The molecule has 25 heavy (non-hydrogen) atoms. The fourth-order valence-corrected chi connectivity index (χ4v) is 2.18. The van der Waals surface area contributed by atoms with Crippen LogP contribution in [0.15, 0.2) is 35.6 Å². The smallest absolute Gasteiger partial charge is 0.313 e. The van der Waals surface area contributed by atoms with Crippen LogP contribution < -0.4 is 14.9 Å². The van der Waals surface area contributed by atoms with E-state index in [0.29, 0.717) is 35.3 Å². The van der Waals surface area contributed by atoms with E-state index in [2.05, 4.69) is 15.5 Å². The molecule has 0 atom stereocenters. The van der Waals surface area contributed by atoms with Gasteiger partial charge in [0, 0.05) is 23.9 Å². The van der Waals surface area contributed by atoms with E-state index in [4.69, 9.17) is 21.1 Å². The average molecular weight is 365 g/mol. The first-order valence-corrected chi connectivity index (χ1v) is 7.92. The predicted octanol–water partition coefficient (Wildman–Crippen LogP) is 3.89. The van der Waals surface area contributed by atoms with Gasteiger partial charge >= 0.3 is 5.69 Å². The van der Waals surface area contributed by atoms with Crippen LogP contribution in [0.25, 0.3) is 0 Å². The van der Waals surface area contributed by atoms with Gasteiger partial charge in [-0.25, -0.2) is 4.98 Å². The Labute approximate surface area is 149 Å². The van der Waals surface area contributed by atoms with Crippen LogP contribution in [0, 0.1) is 10.1 Å². The molecule has 0 amide bonds. The molecule has 9 heteroatoms. The fourth-order valence-electron chi connectivity index (χ4n) is 1.98. The molecule has 0 radical (unpaired) electrons. The van der Waals surface area contributed by atoms with Gasteiger partial charge in [0.2, 0.25) is 5.82 Å². The molecule has 1 aromatic carbocycles. The van der Waals surface area contributed by atoms with E-state index >= 15 is 0 Å². The fraction of sp³-hybridized carbons (Fsp3) is 0.250. The Kier molecular flexibility index (Phi) is 6.53. The topological polar surface area (TPSA) is 98.9 Å². The lowest BCUT2D eigenvalue weighted by molar-refractivity contribution is -0.384. The summed E-state index contributed by atoms with van der Waals surface area (Å²) in [6, 6.07) is 6.14. The van der Waals surface area contributed by atoms with Crippen molar-refractivity contribution in [3.8, 4) is 11.5 Å². The van der Waals surface area contributed by atoms with Crippen LogP contribution in [0.5, 0.6) is 11.5 Å². The number of nitro groups is 1. The molecule has 1 N–H and O–H groups in total. The van der Waals surface area contributed by atoms with Gasteiger partial charge in [-0.15, -0.1) is 0 Å². The Hall–Kier alpha value is -2.87. The highest BCUT2D eigenvalue weighted by Gasteiger charge is 2.13. The third-order valence-corrected chi connectivity index (χ3v) is 3.35. The van der Waals surface area contributed by atoms with Crippen molar-refractivity contribution in [2.45, 2.75) is 13.8 Å². The van der Waals surface area contributed by atoms with Crippen LogP contribution in [0.1, 0.15) is 19.4 Å². The summed E-state index contributed by atoms with van der Waals surface area (Å²) in [7, 11) is 0. The minimum Gasteiger partial charge on any atom is -0.490 e. The maximum atomic E-state index is 10.9. The van der Waals surface area contributed by atoms with Crippen LogP contribution in [-0.2, 0) is 0 Å². The Balaban J connectivity index is 2.23. The number of pyridine rings is 1. The summed E-state index contributed by atoms with van der Waals surface area (Å²) in [5.74, 6) is 1.12. The van der Waals surface area contributed by atoms with Crippen molar-refractivity contribution < 1.29 is 14.4 Å². The van der Waals surface area contributed by atoms with E-state index in [1.54, 1.807) is 12.1 Å². The van der Waals surface area contributed by atoms with Gasteiger partial charge in [-0.3, -0.25) is 15.5 Å². The van der Waals surface area contributed by atoms with Gasteiger partial charge in [-0.05, 0) is 26.0 Å². The summed E-state index contributed by atoms with van der Waals surface area (Å²) in [4.78, 5) is 14.3. The molecule has 0 saturated heterocycles. The Morgan fingerprint density at radius 3 is 2.64 bits per heavy atom. The summed E-state index contributed by atoms with van der Waals surface area (Å²) in [5.41, 5.74) is 2.94. The highest BCUT2D eigenvalue weighted by molar-refractivity contribution is 6.33. The van der Waals surface area contributed by atoms with Crippen molar-refractivity contribution in [2.75, 3.05) is 18.6 Å². The predicted molar refractivity (Wildman–Crippen MR) is 95.9 cm³/mol. The van der Waals surface area contributed by atoms with Crippen LogP contribution in [0.3, 0.4) is 0 Å². The SMILES string of the molecule is CCOc1cc(Cl)c(/C=N\Nc2ncccc2[N+](=O)[O-])cc1OCC. The molecule has 0 aliphatic rings. The minimum atomic E-state index is -0.540. The first kappa shape index (κ1) is 18.5. The number of benzene rings is 1. The van der Waals surface area contributed by atoms with Crippen molar-refractivity contribution >= 4 is 29.3 Å². The normalized spacial score (nSPS) is 10.7. The van der Waals surface area contributed by atoms with Crippen molar-refractivity contribution in [3.05, 3.63) is 51.2 Å². The number of nitrogens with one attached hydrogen (secondary N) is 1. The monoisotopic (exact) mass is 364 g/mol. The number of halogens is 1. The van der Waals surface area contributed by atoms with E-state index in [1.165, 1.54) is 24.5 Å². The maximum absolute atomic E-state index is 10.9. The van der Waals surface area contributed by atoms with Crippen molar-refractivity contribution in [3.63, 3.8) is 0 Å². The quantitative estimate of drug-likeness (QED) is 0.433. The number of hydrogen-bond donors (Lipinski definition) is 1. The van der Waals surface area contributed by atoms with Crippen molar-refractivity contribution in [1.82, 2.24) is 4.98 Å². The molecule has 8 nitrogen and oxygen atoms in total. The van der Waals surface area contributed by atoms with Crippen LogP contribution in [0.2, 0.25) is 5.02 Å². The highest BCUT2D eigenvalue weighted by Crippen LogP contribution is 2.33. The number of nitrogens with zero attached hydrogens (tertiary/aromatic N) is 3. The van der Waals surface area contributed by atoms with Crippen LogP contribution >= 0.6 is 11.6 Å². The first-order chi connectivity index (χ1) is 12.1. The summed E-state index contributed by atoms with van der Waals surface area (Å²) in [6.07, 6.45) is 2.86. The second-order valence-corrected chi connectivity index (χ2v) is 5.09. The molecule has 2 aromatic rings. The van der Waals surface area contributed by atoms with Gasteiger partial charge in [0.1, 0.15) is 0 Å². The van der Waals surface area contributed by atoms with E-state index in [1.807, 2.05) is 13.8 Å². The van der Waals surface area contributed by atoms with Gasteiger partial charge in [0.25, 0.3) is 0 Å². The number of rotatable bonds is 8. The largest absolute Gasteiger partial charge is 0.490 e. The molecule has 0 saturated carbocycles. The number of hydrogen-bond acceptors (Lipinski definition) is 7. The number of anilines is 1. The third-order valence-electron chi connectivity index (χ3n) is 3.02. The van der Waals surface area contributed by atoms with Crippen LogP contribution in [0.4, 0.5) is 11.5 Å². The average Bonchev–Trinajstić information content (AvgIpc) is 2.59. The summed E-state index contributed by atoms with van der Waals surface area (Å²) in [6.45, 7) is 4.67. The lowest BCUT2D eigenvalue weighted by atomic mass is 10.2. The lowest BCUT2D eigenvalue weighted by Gasteiger charge is -2.12. The number of ether oxygens (including phenoxy) is 2. The van der Waals surface area contributed by atoms with E-state index < -0.39 is 4.92 Å². The number of aromatic nitrogens is 1. The molecule has 0 aliphatic carbocycles. The first-order valence-electron chi connectivity index (χ1n) is 7.54. The van der Waals surface area contributed by atoms with Gasteiger partial charge in [0.05, 0.1) is 29.4 Å². The Bertz CT molecular complexity index is 783. The molecule has 0 bridgehead atoms. The molecule has 1 heterocycles. The molecule has 2 rings (SSSR count). The van der Waals surface area contributed by atoms with E-state index in [0.717, 1.165) is 0 Å². The Morgan fingerprint density at radius 1 is 1.32 bits per heavy atom. The molecule has 1 aromatic heterocycles. The Morgan fingerprint density at radius 2 is 2.00 bits per heavy atom. The summed E-state index contributed by atoms with van der Waals surface area (Å²) < 4.78 is 11.0. The molecule has 0 spiro atoms. The second-order valence-electron chi connectivity index (χ2n) is 4.68. The lowest BCUT2D eigenvalue weighted by Crippen LogP contribution is -2.01. The highest BCUT2D eigenvalue weighted by atomic mass is 35.5. The second kappa shape index (κ2) is 8.84. The van der Waals surface area contributed by atoms with Gasteiger partial charge in [-0.1, -0.05) is 11.6 Å². The zero-order valence-corrected chi connectivity index (χ0v) is 14.5. The van der Waals surface area contributed by atoms with Gasteiger partial charge in [0.15, 0.2) is 11.5 Å². The number of hydrazone groups is 1. The van der Waals surface area contributed by atoms with E-state index in [-0.39, 0.29) is 11.5 Å². The summed E-state index contributed by atoms with van der Waals surface area (Å²) >= 11 is 6.22. The standard InChI is InChI=1S/C16H17ClN4O4/c1-3-24-14-8-11(12(17)9-15(14)25-4-2)10-19-20-16-13(21(22)23)6-5-7-18-16/h5-10H,3-4H2,1-2H3,(H,18,20)/b19-10-. The minimum absolute atomic E-state index is 0.0378. The molecule has 132 valence electrons. The summed E-state index contributed by atoms with van der Waals surface area (Å²) in [5, 5.41) is 15.3. The van der Waals surface area contributed by atoms with E-state index in [9.17, 15) is 10.1 Å². The van der Waals surface area contributed by atoms with Crippen molar-refractivity contribution in [1.29, 1.82) is 0 Å².